The highest BCUT2D eigenvalue weighted by Gasteiger charge is 2.28. The lowest BCUT2D eigenvalue weighted by atomic mass is 9.93. The second kappa shape index (κ2) is 6.53. The molecule has 1 fully saturated rings. The zero-order chi connectivity index (χ0) is 14.6. The molecule has 2 heterocycles. The summed E-state index contributed by atoms with van der Waals surface area (Å²) in [6.45, 7) is 1.68. The summed E-state index contributed by atoms with van der Waals surface area (Å²) in [6.07, 6.45) is -1.89. The maximum absolute atomic E-state index is 11.9. The minimum atomic E-state index is -4.30. The Balaban J connectivity index is 1.80. The largest absolute Gasteiger partial charge is 0.411 e. The summed E-state index contributed by atoms with van der Waals surface area (Å²) in [5, 5.41) is 7.08. The van der Waals surface area contributed by atoms with Crippen LogP contribution >= 0.6 is 0 Å². The lowest BCUT2D eigenvalue weighted by molar-refractivity contribution is -0.173. The highest BCUT2D eigenvalue weighted by molar-refractivity contribution is 4.96. The van der Waals surface area contributed by atoms with Crippen LogP contribution in [-0.4, -0.2) is 36.1 Å². The Morgan fingerprint density at radius 1 is 1.45 bits per heavy atom. The molecule has 8 heteroatoms. The molecule has 20 heavy (non-hydrogen) atoms. The summed E-state index contributed by atoms with van der Waals surface area (Å²) in [7, 11) is 0. The number of hydrogen-bond donors (Lipinski definition) is 1. The number of aromatic nitrogens is 2. The molecule has 2 unspecified atom stereocenters. The van der Waals surface area contributed by atoms with Crippen LogP contribution in [0.3, 0.4) is 0 Å². The third-order valence-corrected chi connectivity index (χ3v) is 3.26. The van der Waals surface area contributed by atoms with Gasteiger partial charge in [-0.05, 0) is 25.3 Å². The normalized spacial score (nSPS) is 24.0. The molecule has 0 aromatic carbocycles. The van der Waals surface area contributed by atoms with E-state index in [0.717, 1.165) is 19.4 Å². The van der Waals surface area contributed by atoms with Crippen LogP contribution in [0.15, 0.2) is 4.52 Å². The van der Waals surface area contributed by atoms with Gasteiger partial charge in [-0.1, -0.05) is 12.1 Å². The molecule has 2 rings (SSSR count). The van der Waals surface area contributed by atoms with E-state index >= 15 is 0 Å². The van der Waals surface area contributed by atoms with Crippen LogP contribution in [0, 0.1) is 5.92 Å². The molecule has 0 amide bonds. The van der Waals surface area contributed by atoms with Crippen molar-refractivity contribution in [3.63, 3.8) is 0 Å². The Labute approximate surface area is 114 Å². The second-order valence-corrected chi connectivity index (χ2v) is 5.02. The van der Waals surface area contributed by atoms with E-state index in [2.05, 4.69) is 27.1 Å². The average molecular weight is 293 g/mol. The summed E-state index contributed by atoms with van der Waals surface area (Å²) in [6, 6.07) is 0.0288. The molecule has 0 aliphatic carbocycles. The van der Waals surface area contributed by atoms with Crippen molar-refractivity contribution in [1.29, 1.82) is 0 Å². The van der Waals surface area contributed by atoms with Crippen LogP contribution in [0.1, 0.15) is 37.5 Å². The molecule has 1 aliphatic heterocycles. The van der Waals surface area contributed by atoms with Crippen molar-refractivity contribution in [2.75, 3.05) is 19.8 Å². The van der Waals surface area contributed by atoms with Crippen molar-refractivity contribution in [2.24, 2.45) is 5.92 Å². The number of alkyl halides is 3. The number of halogens is 3. The van der Waals surface area contributed by atoms with Crippen LogP contribution < -0.4 is 5.32 Å². The van der Waals surface area contributed by atoms with E-state index in [1.54, 1.807) is 0 Å². The van der Waals surface area contributed by atoms with E-state index in [1.807, 2.05) is 0 Å². The fourth-order valence-corrected chi connectivity index (χ4v) is 2.23. The number of nitrogens with zero attached hydrogens (tertiary/aromatic N) is 2. The summed E-state index contributed by atoms with van der Waals surface area (Å²) >= 11 is 0. The van der Waals surface area contributed by atoms with E-state index in [1.165, 1.54) is 0 Å². The summed E-state index contributed by atoms with van der Waals surface area (Å²) in [4.78, 5) is 4.22. The number of rotatable bonds is 5. The van der Waals surface area contributed by atoms with Crippen molar-refractivity contribution >= 4 is 0 Å². The van der Waals surface area contributed by atoms with Gasteiger partial charge in [-0.3, -0.25) is 0 Å². The van der Waals surface area contributed by atoms with Gasteiger partial charge in [-0.25, -0.2) is 0 Å². The molecule has 1 aromatic rings. The van der Waals surface area contributed by atoms with Gasteiger partial charge in [-0.15, -0.1) is 0 Å². The molecule has 0 bridgehead atoms. The minimum absolute atomic E-state index is 0.0288. The third kappa shape index (κ3) is 4.45. The minimum Gasteiger partial charge on any atom is -0.372 e. The highest BCUT2D eigenvalue weighted by Crippen LogP contribution is 2.27. The standard InChI is InChI=1S/C12H18F3N3O2/c1-8-3-2-5-16-10(8)11-17-9(18-20-11)4-6-19-7-12(13,14)15/h8,10,16H,2-7H2,1H3. The van der Waals surface area contributed by atoms with Crippen molar-refractivity contribution in [2.45, 2.75) is 38.4 Å². The first-order valence-electron chi connectivity index (χ1n) is 6.66. The van der Waals surface area contributed by atoms with Gasteiger partial charge in [0.25, 0.3) is 0 Å². The Morgan fingerprint density at radius 3 is 2.95 bits per heavy atom. The first-order chi connectivity index (χ1) is 9.46. The molecule has 0 spiro atoms. The molecule has 114 valence electrons. The molecular formula is C12H18F3N3O2. The quantitative estimate of drug-likeness (QED) is 0.844. The SMILES string of the molecule is CC1CCCNC1c1nc(CCOCC(F)(F)F)no1. The molecule has 1 saturated heterocycles. The smallest absolute Gasteiger partial charge is 0.372 e. The van der Waals surface area contributed by atoms with Crippen molar-refractivity contribution in [3.8, 4) is 0 Å². The molecular weight excluding hydrogens is 275 g/mol. The second-order valence-electron chi connectivity index (χ2n) is 5.02. The van der Waals surface area contributed by atoms with Crippen LogP contribution in [0.25, 0.3) is 0 Å². The van der Waals surface area contributed by atoms with E-state index < -0.39 is 12.8 Å². The van der Waals surface area contributed by atoms with Gasteiger partial charge in [0, 0.05) is 6.42 Å². The first-order valence-corrected chi connectivity index (χ1v) is 6.66. The average Bonchev–Trinajstić information content (AvgIpc) is 2.83. The van der Waals surface area contributed by atoms with E-state index in [9.17, 15) is 13.2 Å². The molecule has 1 N–H and O–H groups in total. The Morgan fingerprint density at radius 2 is 2.25 bits per heavy atom. The van der Waals surface area contributed by atoms with Crippen LogP contribution in [0.2, 0.25) is 0 Å². The predicted octanol–water partition coefficient (Wildman–Crippen LogP) is 2.25. The Hall–Kier alpha value is -1.15. The Kier molecular flexibility index (Phi) is 4.98. The number of piperidine rings is 1. The lowest BCUT2D eigenvalue weighted by Gasteiger charge is -2.26. The van der Waals surface area contributed by atoms with Gasteiger partial charge < -0.3 is 14.6 Å². The molecule has 1 aromatic heterocycles. The van der Waals surface area contributed by atoms with Gasteiger partial charge in [0.2, 0.25) is 5.89 Å². The van der Waals surface area contributed by atoms with Gasteiger partial charge in [-0.2, -0.15) is 18.2 Å². The van der Waals surface area contributed by atoms with E-state index in [0.29, 0.717) is 17.6 Å². The third-order valence-electron chi connectivity index (χ3n) is 3.26. The summed E-state index contributed by atoms with van der Waals surface area (Å²) in [5.41, 5.74) is 0. The topological polar surface area (TPSA) is 60.2 Å². The first kappa shape index (κ1) is 15.2. The van der Waals surface area contributed by atoms with Gasteiger partial charge in [0.05, 0.1) is 12.6 Å². The van der Waals surface area contributed by atoms with Crippen LogP contribution in [0.4, 0.5) is 13.2 Å². The zero-order valence-electron chi connectivity index (χ0n) is 11.2. The fraction of sp³-hybridized carbons (Fsp3) is 0.833. The van der Waals surface area contributed by atoms with Gasteiger partial charge >= 0.3 is 6.18 Å². The molecule has 2 atom stereocenters. The molecule has 0 saturated carbocycles. The molecule has 1 aliphatic rings. The van der Waals surface area contributed by atoms with Crippen LogP contribution in [-0.2, 0) is 11.2 Å². The van der Waals surface area contributed by atoms with E-state index in [4.69, 9.17) is 4.52 Å². The van der Waals surface area contributed by atoms with Crippen molar-refractivity contribution < 1.29 is 22.4 Å². The number of nitrogens with one attached hydrogen (secondary N) is 1. The number of hydrogen-bond acceptors (Lipinski definition) is 5. The predicted molar refractivity (Wildman–Crippen MR) is 64.0 cm³/mol. The van der Waals surface area contributed by atoms with E-state index in [-0.39, 0.29) is 19.1 Å². The fourth-order valence-electron chi connectivity index (χ4n) is 2.23. The molecule has 0 radical (unpaired) electrons. The highest BCUT2D eigenvalue weighted by atomic mass is 19.4. The van der Waals surface area contributed by atoms with Gasteiger partial charge in [0.15, 0.2) is 5.82 Å². The van der Waals surface area contributed by atoms with Crippen LogP contribution in [0.5, 0.6) is 0 Å². The maximum Gasteiger partial charge on any atom is 0.411 e. The van der Waals surface area contributed by atoms with Crippen molar-refractivity contribution in [3.05, 3.63) is 11.7 Å². The van der Waals surface area contributed by atoms with Gasteiger partial charge in [0.1, 0.15) is 6.61 Å². The number of ether oxygens (including phenoxy) is 1. The maximum atomic E-state index is 11.9. The Bertz CT molecular complexity index is 422. The summed E-state index contributed by atoms with van der Waals surface area (Å²) < 4.78 is 45.4. The summed E-state index contributed by atoms with van der Waals surface area (Å²) in [5.74, 6) is 1.28. The monoisotopic (exact) mass is 293 g/mol. The van der Waals surface area contributed by atoms with Crippen molar-refractivity contribution in [1.82, 2.24) is 15.5 Å². The lowest BCUT2D eigenvalue weighted by Crippen LogP contribution is -2.33. The molecule has 5 nitrogen and oxygen atoms in total. The zero-order valence-corrected chi connectivity index (χ0v) is 11.2.